The van der Waals surface area contributed by atoms with Crippen LogP contribution in [0, 0.1) is 0 Å². The van der Waals surface area contributed by atoms with Gasteiger partial charge < -0.3 is 15.2 Å². The van der Waals surface area contributed by atoms with Crippen molar-refractivity contribution in [1.82, 2.24) is 19.4 Å². The number of aromatic nitrogens is 2. The van der Waals surface area contributed by atoms with Crippen LogP contribution in [-0.4, -0.2) is 64.5 Å². The number of piperazine rings is 1. The molecular formula is C14H25N5O. The molecule has 0 saturated carbocycles. The van der Waals surface area contributed by atoms with E-state index in [4.69, 9.17) is 5.73 Å². The summed E-state index contributed by atoms with van der Waals surface area (Å²) < 4.78 is 1.78. The fraction of sp³-hybridized carbons (Fsp3) is 0.714. The number of hydrogen-bond acceptors (Lipinski definition) is 4. The molecule has 2 heterocycles. The van der Waals surface area contributed by atoms with Crippen molar-refractivity contribution >= 4 is 5.91 Å². The molecule has 1 amide bonds. The average molecular weight is 279 g/mol. The van der Waals surface area contributed by atoms with Gasteiger partial charge >= 0.3 is 0 Å². The molecule has 0 aliphatic carbocycles. The third-order valence-corrected chi connectivity index (χ3v) is 3.87. The Bertz CT molecular complexity index is 423. The van der Waals surface area contributed by atoms with Crippen molar-refractivity contribution in [2.45, 2.75) is 19.3 Å². The molecule has 112 valence electrons. The second-order valence-corrected chi connectivity index (χ2v) is 5.37. The van der Waals surface area contributed by atoms with E-state index >= 15 is 0 Å². The Kier molecular flexibility index (Phi) is 5.55. The molecule has 1 fully saturated rings. The highest BCUT2D eigenvalue weighted by atomic mass is 16.2. The molecular weight excluding hydrogens is 254 g/mol. The maximum absolute atomic E-state index is 12.3. The minimum Gasteiger partial charge on any atom is -0.335 e. The van der Waals surface area contributed by atoms with Gasteiger partial charge in [-0.2, -0.15) is 0 Å². The van der Waals surface area contributed by atoms with E-state index in [0.717, 1.165) is 45.7 Å². The molecule has 20 heavy (non-hydrogen) atoms. The van der Waals surface area contributed by atoms with Crippen molar-refractivity contribution in [1.29, 1.82) is 0 Å². The summed E-state index contributed by atoms with van der Waals surface area (Å²) in [5.41, 5.74) is 6.16. The molecule has 0 atom stereocenters. The third kappa shape index (κ3) is 3.80. The van der Waals surface area contributed by atoms with Crippen LogP contribution in [0.5, 0.6) is 0 Å². The number of imidazole rings is 1. The number of hydrogen-bond donors (Lipinski definition) is 1. The highest BCUT2D eigenvalue weighted by Crippen LogP contribution is 2.09. The molecule has 1 saturated heterocycles. The van der Waals surface area contributed by atoms with Crippen LogP contribution in [0.25, 0.3) is 0 Å². The SMILES string of the molecule is Cn1cncc1C(=O)N1CCN(CCCCCN)CC1. The van der Waals surface area contributed by atoms with Gasteiger partial charge in [-0.25, -0.2) is 4.98 Å². The minimum atomic E-state index is 0.0905. The standard InChI is InChI=1S/C14H25N5O/c1-17-12-16-11-13(17)14(20)19-9-7-18(8-10-19)6-4-2-3-5-15/h11-12H,2-10,15H2,1H3. The first kappa shape index (κ1) is 15.0. The number of nitrogens with two attached hydrogens (primary N) is 1. The van der Waals surface area contributed by atoms with Crippen LogP contribution < -0.4 is 5.73 Å². The molecule has 0 aromatic carbocycles. The van der Waals surface area contributed by atoms with Crippen LogP contribution in [0.2, 0.25) is 0 Å². The lowest BCUT2D eigenvalue weighted by molar-refractivity contribution is 0.0626. The Morgan fingerprint density at radius 2 is 2.00 bits per heavy atom. The Labute approximate surface area is 120 Å². The van der Waals surface area contributed by atoms with E-state index < -0.39 is 0 Å². The lowest BCUT2D eigenvalue weighted by atomic mass is 10.2. The first-order valence-electron chi connectivity index (χ1n) is 7.40. The third-order valence-electron chi connectivity index (χ3n) is 3.87. The Morgan fingerprint density at radius 3 is 2.60 bits per heavy atom. The van der Waals surface area contributed by atoms with E-state index in [2.05, 4.69) is 9.88 Å². The fourth-order valence-corrected chi connectivity index (χ4v) is 2.56. The number of aryl methyl sites for hydroxylation is 1. The molecule has 0 radical (unpaired) electrons. The zero-order valence-corrected chi connectivity index (χ0v) is 12.3. The fourth-order valence-electron chi connectivity index (χ4n) is 2.56. The van der Waals surface area contributed by atoms with Gasteiger partial charge in [-0.15, -0.1) is 0 Å². The Hall–Kier alpha value is -1.40. The first-order valence-corrected chi connectivity index (χ1v) is 7.40. The van der Waals surface area contributed by atoms with Gasteiger partial charge in [-0.3, -0.25) is 9.69 Å². The smallest absolute Gasteiger partial charge is 0.272 e. The molecule has 1 aromatic heterocycles. The second kappa shape index (κ2) is 7.40. The van der Waals surface area contributed by atoms with Gasteiger partial charge in [0, 0.05) is 33.2 Å². The molecule has 1 aromatic rings. The van der Waals surface area contributed by atoms with Crippen molar-refractivity contribution in [2.75, 3.05) is 39.3 Å². The van der Waals surface area contributed by atoms with E-state index in [1.54, 1.807) is 17.1 Å². The zero-order valence-electron chi connectivity index (χ0n) is 12.3. The van der Waals surface area contributed by atoms with Crippen LogP contribution in [0.15, 0.2) is 12.5 Å². The highest BCUT2D eigenvalue weighted by molar-refractivity contribution is 5.92. The lowest BCUT2D eigenvalue weighted by Crippen LogP contribution is -2.49. The predicted octanol–water partition coefficient (Wildman–Crippen LogP) is 0.307. The largest absolute Gasteiger partial charge is 0.335 e. The summed E-state index contributed by atoms with van der Waals surface area (Å²) in [6.45, 7) is 5.45. The lowest BCUT2D eigenvalue weighted by Gasteiger charge is -2.34. The minimum absolute atomic E-state index is 0.0905. The van der Waals surface area contributed by atoms with Crippen molar-refractivity contribution in [3.8, 4) is 0 Å². The molecule has 6 heteroatoms. The van der Waals surface area contributed by atoms with Gasteiger partial charge in [0.2, 0.25) is 0 Å². The summed E-state index contributed by atoms with van der Waals surface area (Å²) >= 11 is 0. The number of carbonyl (C=O) groups is 1. The Morgan fingerprint density at radius 1 is 1.25 bits per heavy atom. The number of nitrogens with zero attached hydrogens (tertiary/aromatic N) is 4. The summed E-state index contributed by atoms with van der Waals surface area (Å²) in [6, 6.07) is 0. The summed E-state index contributed by atoms with van der Waals surface area (Å²) in [6.07, 6.45) is 6.82. The summed E-state index contributed by atoms with van der Waals surface area (Å²) in [4.78, 5) is 20.7. The molecule has 1 aliphatic heterocycles. The van der Waals surface area contributed by atoms with Crippen LogP contribution >= 0.6 is 0 Å². The molecule has 0 unspecified atom stereocenters. The maximum atomic E-state index is 12.3. The number of amides is 1. The summed E-state index contributed by atoms with van der Waals surface area (Å²) in [5, 5.41) is 0. The molecule has 2 N–H and O–H groups in total. The van der Waals surface area contributed by atoms with Crippen molar-refractivity contribution in [3.05, 3.63) is 18.2 Å². The van der Waals surface area contributed by atoms with Crippen molar-refractivity contribution < 1.29 is 4.79 Å². The van der Waals surface area contributed by atoms with Gasteiger partial charge in [0.25, 0.3) is 5.91 Å². The summed E-state index contributed by atoms with van der Waals surface area (Å²) in [7, 11) is 1.86. The average Bonchev–Trinajstić information content (AvgIpc) is 2.90. The Balaban J connectivity index is 1.74. The van der Waals surface area contributed by atoms with E-state index in [1.165, 1.54) is 12.8 Å². The van der Waals surface area contributed by atoms with E-state index in [1.807, 2.05) is 11.9 Å². The highest BCUT2D eigenvalue weighted by Gasteiger charge is 2.23. The van der Waals surface area contributed by atoms with E-state index in [0.29, 0.717) is 5.69 Å². The van der Waals surface area contributed by atoms with Crippen molar-refractivity contribution in [2.24, 2.45) is 12.8 Å². The zero-order chi connectivity index (χ0) is 14.4. The number of unbranched alkanes of at least 4 members (excludes halogenated alkanes) is 2. The van der Waals surface area contributed by atoms with Gasteiger partial charge in [0.05, 0.1) is 12.5 Å². The monoisotopic (exact) mass is 279 g/mol. The van der Waals surface area contributed by atoms with Crippen LogP contribution in [0.1, 0.15) is 29.8 Å². The quantitative estimate of drug-likeness (QED) is 0.761. The molecule has 1 aliphatic rings. The molecule has 0 bridgehead atoms. The number of carbonyl (C=O) groups excluding carboxylic acids is 1. The number of rotatable bonds is 6. The molecule has 2 rings (SSSR count). The van der Waals surface area contributed by atoms with E-state index in [-0.39, 0.29) is 5.91 Å². The normalized spacial score (nSPS) is 16.6. The predicted molar refractivity (Wildman–Crippen MR) is 78.5 cm³/mol. The van der Waals surface area contributed by atoms with Gasteiger partial charge in [0.15, 0.2) is 0 Å². The molecule has 6 nitrogen and oxygen atoms in total. The molecule has 0 spiro atoms. The van der Waals surface area contributed by atoms with Crippen LogP contribution in [0.3, 0.4) is 0 Å². The maximum Gasteiger partial charge on any atom is 0.272 e. The summed E-state index contributed by atoms with van der Waals surface area (Å²) in [5.74, 6) is 0.0905. The van der Waals surface area contributed by atoms with Crippen molar-refractivity contribution in [3.63, 3.8) is 0 Å². The van der Waals surface area contributed by atoms with Crippen LogP contribution in [-0.2, 0) is 7.05 Å². The van der Waals surface area contributed by atoms with Gasteiger partial charge in [-0.05, 0) is 25.9 Å². The van der Waals surface area contributed by atoms with Gasteiger partial charge in [-0.1, -0.05) is 6.42 Å². The van der Waals surface area contributed by atoms with Crippen LogP contribution in [0.4, 0.5) is 0 Å². The second-order valence-electron chi connectivity index (χ2n) is 5.37. The topological polar surface area (TPSA) is 67.4 Å². The first-order chi connectivity index (χ1) is 9.72. The van der Waals surface area contributed by atoms with E-state index in [9.17, 15) is 4.79 Å². The van der Waals surface area contributed by atoms with Gasteiger partial charge in [0.1, 0.15) is 5.69 Å².